The third-order valence-electron chi connectivity index (χ3n) is 1.41. The summed E-state index contributed by atoms with van der Waals surface area (Å²) in [6.07, 6.45) is 0.150. The Balaban J connectivity index is 2.83. The predicted octanol–water partition coefficient (Wildman–Crippen LogP) is 2.28. The molecule has 0 saturated carbocycles. The summed E-state index contributed by atoms with van der Waals surface area (Å²) >= 11 is 0. The molecule has 0 aliphatic heterocycles. The zero-order chi connectivity index (χ0) is 9.84. The molecule has 0 bridgehead atoms. The van der Waals surface area contributed by atoms with Crippen LogP contribution in [-0.2, 0) is 4.79 Å². The molecule has 0 heterocycles. The quantitative estimate of drug-likeness (QED) is 0.523. The molecule has 0 aliphatic carbocycles. The Bertz CT molecular complexity index is 323. The van der Waals surface area contributed by atoms with E-state index in [1.54, 1.807) is 6.92 Å². The molecule has 4 heteroatoms. The van der Waals surface area contributed by atoms with Crippen molar-refractivity contribution >= 4 is 5.97 Å². The minimum atomic E-state index is -0.873. The molecule has 0 spiro atoms. The van der Waals surface area contributed by atoms with Crippen LogP contribution in [0.15, 0.2) is 18.2 Å². The van der Waals surface area contributed by atoms with E-state index in [4.69, 9.17) is 0 Å². The SMILES string of the molecule is CCC(=O)Oc1ccc(F)cc1F. The van der Waals surface area contributed by atoms with E-state index in [-0.39, 0.29) is 12.2 Å². The first-order valence-electron chi connectivity index (χ1n) is 3.79. The fraction of sp³-hybridized carbons (Fsp3) is 0.222. The van der Waals surface area contributed by atoms with Crippen LogP contribution in [0.2, 0.25) is 0 Å². The molecule has 0 atom stereocenters. The molecular formula is C9H8F2O2. The van der Waals surface area contributed by atoms with Gasteiger partial charge in [0, 0.05) is 12.5 Å². The zero-order valence-electron chi connectivity index (χ0n) is 7.01. The van der Waals surface area contributed by atoms with Crippen LogP contribution in [0.25, 0.3) is 0 Å². The van der Waals surface area contributed by atoms with Crippen LogP contribution in [0.1, 0.15) is 13.3 Å². The minimum absolute atomic E-state index is 0.150. The van der Waals surface area contributed by atoms with Gasteiger partial charge in [-0.1, -0.05) is 6.92 Å². The maximum atomic E-state index is 12.8. The summed E-state index contributed by atoms with van der Waals surface area (Å²) in [7, 11) is 0. The summed E-state index contributed by atoms with van der Waals surface area (Å²) in [5.74, 6) is -2.37. The number of carbonyl (C=O) groups excluding carboxylic acids is 1. The molecule has 0 radical (unpaired) electrons. The predicted molar refractivity (Wildman–Crippen MR) is 42.3 cm³/mol. The molecule has 2 nitrogen and oxygen atoms in total. The Morgan fingerprint density at radius 1 is 1.46 bits per heavy atom. The van der Waals surface area contributed by atoms with E-state index in [2.05, 4.69) is 4.74 Å². The normalized spacial score (nSPS) is 9.77. The molecule has 0 N–H and O–H groups in total. The second-order valence-corrected chi connectivity index (χ2v) is 2.40. The van der Waals surface area contributed by atoms with Crippen molar-refractivity contribution in [2.24, 2.45) is 0 Å². The Labute approximate surface area is 74.1 Å². The van der Waals surface area contributed by atoms with E-state index in [0.717, 1.165) is 12.1 Å². The fourth-order valence-electron chi connectivity index (χ4n) is 0.753. The number of carbonyl (C=O) groups is 1. The molecule has 70 valence electrons. The maximum Gasteiger partial charge on any atom is 0.310 e. The first-order chi connectivity index (χ1) is 6.13. The second-order valence-electron chi connectivity index (χ2n) is 2.40. The van der Waals surface area contributed by atoms with Crippen molar-refractivity contribution < 1.29 is 18.3 Å². The highest BCUT2D eigenvalue weighted by atomic mass is 19.1. The Hall–Kier alpha value is -1.45. The lowest BCUT2D eigenvalue weighted by molar-refractivity contribution is -0.134. The largest absolute Gasteiger partial charge is 0.423 e. The van der Waals surface area contributed by atoms with Crippen molar-refractivity contribution in [3.05, 3.63) is 29.8 Å². The number of hydrogen-bond acceptors (Lipinski definition) is 2. The van der Waals surface area contributed by atoms with E-state index >= 15 is 0 Å². The Morgan fingerprint density at radius 3 is 2.69 bits per heavy atom. The van der Waals surface area contributed by atoms with Crippen LogP contribution >= 0.6 is 0 Å². The summed E-state index contributed by atoms with van der Waals surface area (Å²) in [5.41, 5.74) is 0. The van der Waals surface area contributed by atoms with Gasteiger partial charge in [-0.05, 0) is 12.1 Å². The van der Waals surface area contributed by atoms with Gasteiger partial charge >= 0.3 is 5.97 Å². The summed E-state index contributed by atoms with van der Waals surface area (Å²) < 4.78 is 29.8. The number of ether oxygens (including phenoxy) is 1. The average molecular weight is 186 g/mol. The van der Waals surface area contributed by atoms with Crippen LogP contribution in [0.4, 0.5) is 8.78 Å². The second kappa shape index (κ2) is 3.98. The highest BCUT2D eigenvalue weighted by molar-refractivity contribution is 5.71. The van der Waals surface area contributed by atoms with Crippen LogP contribution < -0.4 is 4.74 Å². The van der Waals surface area contributed by atoms with Crippen LogP contribution in [0.5, 0.6) is 5.75 Å². The summed E-state index contributed by atoms with van der Waals surface area (Å²) in [6.45, 7) is 1.59. The van der Waals surface area contributed by atoms with Gasteiger partial charge in [0.15, 0.2) is 11.6 Å². The topological polar surface area (TPSA) is 26.3 Å². The summed E-state index contributed by atoms with van der Waals surface area (Å²) in [6, 6.07) is 2.78. The van der Waals surface area contributed by atoms with E-state index in [0.29, 0.717) is 6.07 Å². The number of benzene rings is 1. The van der Waals surface area contributed by atoms with Crippen LogP contribution in [-0.4, -0.2) is 5.97 Å². The smallest absolute Gasteiger partial charge is 0.310 e. The van der Waals surface area contributed by atoms with Gasteiger partial charge in [-0.2, -0.15) is 0 Å². The molecule has 0 amide bonds. The molecule has 1 rings (SSSR count). The molecule has 0 aliphatic rings. The van der Waals surface area contributed by atoms with Crippen LogP contribution in [0, 0.1) is 11.6 Å². The molecule has 13 heavy (non-hydrogen) atoms. The van der Waals surface area contributed by atoms with E-state index in [1.807, 2.05) is 0 Å². The van der Waals surface area contributed by atoms with Crippen molar-refractivity contribution in [1.29, 1.82) is 0 Å². The van der Waals surface area contributed by atoms with Gasteiger partial charge in [-0.15, -0.1) is 0 Å². The van der Waals surface area contributed by atoms with Gasteiger partial charge in [-0.25, -0.2) is 8.78 Å². The maximum absolute atomic E-state index is 12.8. The van der Waals surface area contributed by atoms with Crippen molar-refractivity contribution in [3.63, 3.8) is 0 Å². The number of hydrogen-bond donors (Lipinski definition) is 0. The lowest BCUT2D eigenvalue weighted by Gasteiger charge is -2.02. The first-order valence-corrected chi connectivity index (χ1v) is 3.79. The van der Waals surface area contributed by atoms with Gasteiger partial charge in [-0.3, -0.25) is 4.79 Å². The molecule has 0 unspecified atom stereocenters. The standard InChI is InChI=1S/C9H8F2O2/c1-2-9(12)13-8-4-3-6(10)5-7(8)11/h3-5H,2H2,1H3. The van der Waals surface area contributed by atoms with E-state index in [1.165, 1.54) is 0 Å². The fourth-order valence-corrected chi connectivity index (χ4v) is 0.753. The van der Waals surface area contributed by atoms with Crippen LogP contribution in [0.3, 0.4) is 0 Å². The lowest BCUT2D eigenvalue weighted by Crippen LogP contribution is -2.06. The minimum Gasteiger partial charge on any atom is -0.423 e. The zero-order valence-corrected chi connectivity index (χ0v) is 7.01. The van der Waals surface area contributed by atoms with Crippen molar-refractivity contribution in [2.45, 2.75) is 13.3 Å². The van der Waals surface area contributed by atoms with E-state index < -0.39 is 17.6 Å². The Kier molecular flexibility index (Phi) is 2.95. The summed E-state index contributed by atoms with van der Waals surface area (Å²) in [4.78, 5) is 10.7. The third-order valence-corrected chi connectivity index (χ3v) is 1.41. The monoisotopic (exact) mass is 186 g/mol. The average Bonchev–Trinajstić information content (AvgIpc) is 2.09. The number of rotatable bonds is 2. The number of halogens is 2. The number of esters is 1. The van der Waals surface area contributed by atoms with Gasteiger partial charge in [0.1, 0.15) is 5.82 Å². The summed E-state index contributed by atoms with van der Waals surface area (Å²) in [5, 5.41) is 0. The highest BCUT2D eigenvalue weighted by Crippen LogP contribution is 2.17. The van der Waals surface area contributed by atoms with Gasteiger partial charge in [0.25, 0.3) is 0 Å². The highest BCUT2D eigenvalue weighted by Gasteiger charge is 2.07. The van der Waals surface area contributed by atoms with Crippen molar-refractivity contribution in [2.75, 3.05) is 0 Å². The van der Waals surface area contributed by atoms with E-state index in [9.17, 15) is 13.6 Å². The van der Waals surface area contributed by atoms with Crippen molar-refractivity contribution in [1.82, 2.24) is 0 Å². The van der Waals surface area contributed by atoms with Gasteiger partial charge in [0.2, 0.25) is 0 Å². The van der Waals surface area contributed by atoms with Gasteiger partial charge < -0.3 is 4.74 Å². The Morgan fingerprint density at radius 2 is 2.15 bits per heavy atom. The molecule has 0 saturated heterocycles. The first kappa shape index (κ1) is 9.64. The third kappa shape index (κ3) is 2.50. The molecule has 0 fully saturated rings. The van der Waals surface area contributed by atoms with Crippen molar-refractivity contribution in [3.8, 4) is 5.75 Å². The molecule has 0 aromatic heterocycles. The molecular weight excluding hydrogens is 178 g/mol. The molecule has 1 aromatic carbocycles. The molecule has 1 aromatic rings. The van der Waals surface area contributed by atoms with Gasteiger partial charge in [0.05, 0.1) is 0 Å². The lowest BCUT2D eigenvalue weighted by atomic mass is 10.3.